The fraction of sp³-hybridized carbons (Fsp3) is 0.240. The van der Waals surface area contributed by atoms with Gasteiger partial charge in [0.05, 0.1) is 28.2 Å². The number of carbonyl (C=O) groups is 2. The van der Waals surface area contributed by atoms with Crippen LogP contribution in [0.15, 0.2) is 52.9 Å². The molecule has 0 unspecified atom stereocenters. The molecule has 1 aromatic heterocycles. The van der Waals surface area contributed by atoms with E-state index in [9.17, 15) is 24.8 Å². The van der Waals surface area contributed by atoms with Crippen molar-refractivity contribution >= 4 is 34.6 Å². The van der Waals surface area contributed by atoms with E-state index in [4.69, 9.17) is 0 Å². The molecule has 0 saturated heterocycles. The van der Waals surface area contributed by atoms with Crippen LogP contribution in [0.1, 0.15) is 59.5 Å². The van der Waals surface area contributed by atoms with Gasteiger partial charge in [-0.3, -0.25) is 14.9 Å². The van der Waals surface area contributed by atoms with E-state index in [1.165, 1.54) is 23.0 Å². The van der Waals surface area contributed by atoms with Gasteiger partial charge in [0.15, 0.2) is 0 Å². The molecule has 0 radical (unpaired) electrons. The third-order valence-electron chi connectivity index (χ3n) is 5.35. The second-order valence-corrected chi connectivity index (χ2v) is 9.65. The summed E-state index contributed by atoms with van der Waals surface area (Å²) >= 11 is 1.35. The number of ether oxygens (including phenoxy) is 1. The Hall–Kier alpha value is -4.05. The number of carbonyl (C=O) groups excluding carboxylic acids is 2. The van der Waals surface area contributed by atoms with Crippen molar-refractivity contribution in [1.29, 1.82) is 0 Å². The monoisotopic (exact) mass is 495 g/mol. The maximum absolute atomic E-state index is 12.5. The summed E-state index contributed by atoms with van der Waals surface area (Å²) in [6.45, 7) is 8.00. The lowest BCUT2D eigenvalue weighted by molar-refractivity contribution is -0.385. The fourth-order valence-electron chi connectivity index (χ4n) is 3.30. The SMILES string of the molecule is COC(=O)c1ccc(C(=O)N/N=C(\C)c2csc(-c3ccc(C(C)(C)C)cc3)c2O)cc1[N+](=O)[O-]. The minimum atomic E-state index is -0.880. The molecule has 35 heavy (non-hydrogen) atoms. The second-order valence-electron chi connectivity index (χ2n) is 8.77. The maximum atomic E-state index is 12.5. The van der Waals surface area contributed by atoms with Crippen LogP contribution in [0.25, 0.3) is 10.4 Å². The summed E-state index contributed by atoms with van der Waals surface area (Å²) in [5, 5.41) is 27.8. The van der Waals surface area contributed by atoms with Crippen molar-refractivity contribution < 1.29 is 24.4 Å². The van der Waals surface area contributed by atoms with Gasteiger partial charge < -0.3 is 9.84 Å². The highest BCUT2D eigenvalue weighted by Gasteiger charge is 2.23. The van der Waals surface area contributed by atoms with Crippen molar-refractivity contribution in [1.82, 2.24) is 5.43 Å². The number of hydrogen-bond acceptors (Lipinski definition) is 8. The highest BCUT2D eigenvalue weighted by molar-refractivity contribution is 7.14. The highest BCUT2D eigenvalue weighted by Crippen LogP contribution is 2.39. The predicted octanol–water partition coefficient (Wildman–Crippen LogP) is 5.27. The van der Waals surface area contributed by atoms with Crippen LogP contribution in [0.4, 0.5) is 5.69 Å². The van der Waals surface area contributed by atoms with Gasteiger partial charge in [-0.15, -0.1) is 11.3 Å². The number of amides is 1. The van der Waals surface area contributed by atoms with E-state index in [1.54, 1.807) is 12.3 Å². The number of benzene rings is 2. The maximum Gasteiger partial charge on any atom is 0.344 e. The molecule has 1 heterocycles. The summed E-state index contributed by atoms with van der Waals surface area (Å²) in [6.07, 6.45) is 0. The van der Waals surface area contributed by atoms with Crippen molar-refractivity contribution in [3.63, 3.8) is 0 Å². The van der Waals surface area contributed by atoms with Gasteiger partial charge in [0.25, 0.3) is 11.6 Å². The first-order chi connectivity index (χ1) is 16.4. The van der Waals surface area contributed by atoms with E-state index in [0.29, 0.717) is 16.2 Å². The molecule has 1 amide bonds. The van der Waals surface area contributed by atoms with Crippen LogP contribution in [0.5, 0.6) is 5.75 Å². The number of methoxy groups -OCH3 is 1. The van der Waals surface area contributed by atoms with Crippen LogP contribution in [-0.2, 0) is 10.2 Å². The standard InChI is InChI=1S/C25H25N3O6S/c1-14(19-13-35-22(21(19)29)15-6-9-17(10-7-15)25(2,3)4)26-27-23(30)16-8-11-18(24(31)34-5)20(12-16)28(32)33/h6-13,29H,1-5H3,(H,27,30)/b26-14+. The number of aromatic hydroxyl groups is 1. The van der Waals surface area contributed by atoms with Crippen LogP contribution < -0.4 is 5.43 Å². The molecular weight excluding hydrogens is 470 g/mol. The molecule has 10 heteroatoms. The normalized spacial score (nSPS) is 11.7. The number of nitrogens with zero attached hydrogens (tertiary/aromatic N) is 2. The van der Waals surface area contributed by atoms with Gasteiger partial charge >= 0.3 is 5.97 Å². The Morgan fingerprint density at radius 1 is 1.11 bits per heavy atom. The molecule has 0 aliphatic rings. The summed E-state index contributed by atoms with van der Waals surface area (Å²) < 4.78 is 4.53. The van der Waals surface area contributed by atoms with E-state index in [-0.39, 0.29) is 22.3 Å². The molecule has 0 aliphatic heterocycles. The molecule has 2 N–H and O–H groups in total. The first kappa shape index (κ1) is 25.6. The van der Waals surface area contributed by atoms with Crippen molar-refractivity contribution in [2.24, 2.45) is 5.10 Å². The van der Waals surface area contributed by atoms with Crippen molar-refractivity contribution in [2.75, 3.05) is 7.11 Å². The molecule has 2 aromatic carbocycles. The first-order valence-electron chi connectivity index (χ1n) is 10.6. The van der Waals surface area contributed by atoms with Gasteiger partial charge in [-0.2, -0.15) is 5.10 Å². The Bertz CT molecular complexity index is 1320. The van der Waals surface area contributed by atoms with Crippen molar-refractivity contribution in [2.45, 2.75) is 33.1 Å². The molecular formula is C25H25N3O6S. The Labute approximate surface area is 206 Å². The number of nitro groups is 1. The lowest BCUT2D eigenvalue weighted by atomic mass is 9.86. The van der Waals surface area contributed by atoms with E-state index in [1.807, 2.05) is 24.3 Å². The number of rotatable bonds is 6. The van der Waals surface area contributed by atoms with Crippen molar-refractivity contribution in [3.05, 3.63) is 80.2 Å². The molecule has 9 nitrogen and oxygen atoms in total. The Kier molecular flexibility index (Phi) is 7.35. The number of hydrazone groups is 1. The topological polar surface area (TPSA) is 131 Å². The summed E-state index contributed by atoms with van der Waals surface area (Å²) in [5.41, 5.74) is 4.32. The minimum Gasteiger partial charge on any atom is -0.506 e. The summed E-state index contributed by atoms with van der Waals surface area (Å²) in [4.78, 5) is 35.4. The van der Waals surface area contributed by atoms with E-state index in [2.05, 4.69) is 36.0 Å². The van der Waals surface area contributed by atoms with Crippen LogP contribution >= 0.6 is 11.3 Å². The number of esters is 1. The van der Waals surface area contributed by atoms with Crippen LogP contribution in [0, 0.1) is 10.1 Å². The van der Waals surface area contributed by atoms with Crippen molar-refractivity contribution in [3.8, 4) is 16.2 Å². The Balaban J connectivity index is 1.81. The second kappa shape index (κ2) is 10.1. The fourth-order valence-corrected chi connectivity index (χ4v) is 4.31. The van der Waals surface area contributed by atoms with Crippen LogP contribution in [-0.4, -0.2) is 34.7 Å². The van der Waals surface area contributed by atoms with Gasteiger partial charge in [-0.05, 0) is 35.6 Å². The summed E-state index contributed by atoms with van der Waals surface area (Å²) in [7, 11) is 1.11. The number of hydrogen-bond donors (Lipinski definition) is 2. The van der Waals surface area contributed by atoms with Crippen LogP contribution in [0.3, 0.4) is 0 Å². The van der Waals surface area contributed by atoms with Gasteiger partial charge in [-0.25, -0.2) is 10.2 Å². The molecule has 0 saturated carbocycles. The highest BCUT2D eigenvalue weighted by atomic mass is 32.1. The number of nitrogens with one attached hydrogen (secondary N) is 1. The minimum absolute atomic E-state index is 0.0166. The van der Waals surface area contributed by atoms with Gasteiger partial charge in [0, 0.05) is 17.0 Å². The number of nitro benzene ring substituents is 1. The van der Waals surface area contributed by atoms with Crippen LogP contribution in [0.2, 0.25) is 0 Å². The smallest absolute Gasteiger partial charge is 0.344 e. The zero-order valence-electron chi connectivity index (χ0n) is 19.9. The zero-order chi connectivity index (χ0) is 25.9. The van der Waals surface area contributed by atoms with Gasteiger partial charge in [0.2, 0.25) is 0 Å². The molecule has 0 aliphatic carbocycles. The molecule has 3 rings (SSSR count). The molecule has 3 aromatic rings. The average Bonchev–Trinajstić information content (AvgIpc) is 3.22. The quantitative estimate of drug-likeness (QED) is 0.207. The largest absolute Gasteiger partial charge is 0.506 e. The predicted molar refractivity (Wildman–Crippen MR) is 134 cm³/mol. The Morgan fingerprint density at radius 2 is 1.77 bits per heavy atom. The summed E-state index contributed by atoms with van der Waals surface area (Å²) in [5.74, 6) is -1.54. The lowest BCUT2D eigenvalue weighted by Gasteiger charge is -2.19. The number of thiophene rings is 1. The van der Waals surface area contributed by atoms with E-state index >= 15 is 0 Å². The molecule has 0 atom stereocenters. The zero-order valence-corrected chi connectivity index (χ0v) is 20.7. The summed E-state index contributed by atoms with van der Waals surface area (Å²) in [6, 6.07) is 11.4. The third kappa shape index (κ3) is 5.55. The molecule has 182 valence electrons. The van der Waals surface area contributed by atoms with Gasteiger partial charge in [-0.1, -0.05) is 45.0 Å². The average molecular weight is 496 g/mol. The third-order valence-corrected chi connectivity index (χ3v) is 6.37. The first-order valence-corrected chi connectivity index (χ1v) is 11.4. The molecule has 0 spiro atoms. The Morgan fingerprint density at radius 3 is 2.34 bits per heavy atom. The van der Waals surface area contributed by atoms with E-state index in [0.717, 1.165) is 24.8 Å². The molecule has 0 bridgehead atoms. The van der Waals surface area contributed by atoms with Gasteiger partial charge in [0.1, 0.15) is 11.3 Å². The van der Waals surface area contributed by atoms with E-state index < -0.39 is 22.5 Å². The molecule has 0 fully saturated rings. The lowest BCUT2D eigenvalue weighted by Crippen LogP contribution is -2.20.